The van der Waals surface area contributed by atoms with Crippen LogP contribution in [0, 0.1) is 5.92 Å². The normalized spacial score (nSPS) is 24.6. The highest BCUT2D eigenvalue weighted by molar-refractivity contribution is 7.89. The molecule has 0 saturated carbocycles. The fourth-order valence-corrected chi connectivity index (χ4v) is 6.50. The van der Waals surface area contributed by atoms with Gasteiger partial charge >= 0.3 is 6.09 Å². The standard InChI is InChI=1S/C28H37N3O9S/c29-20-6-8-22(9-7-20)41(34,35)31(40-21-10-13-36-14-11-21)17-25(32)24(16-19-4-2-1-3-5-19)30-28(33)39-26-18-38-27-23(26)12-15-37-27/h1-9,21,23-27,32H,10-18,29H2,(H,30,33)/t23-,24-,25+,26?,27+/m0/s1. The van der Waals surface area contributed by atoms with Crippen molar-refractivity contribution in [2.45, 2.75) is 61.2 Å². The molecular formula is C28H37N3O9S. The van der Waals surface area contributed by atoms with Gasteiger partial charge in [-0.05, 0) is 55.5 Å². The van der Waals surface area contributed by atoms with Crippen molar-refractivity contribution in [3.63, 3.8) is 0 Å². The van der Waals surface area contributed by atoms with Gasteiger partial charge in [0.1, 0.15) is 6.10 Å². The number of hydroxylamine groups is 1. The quantitative estimate of drug-likeness (QED) is 0.260. The van der Waals surface area contributed by atoms with Crippen LogP contribution in [-0.4, -0.2) is 87.7 Å². The fourth-order valence-electron chi connectivity index (χ4n) is 5.20. The van der Waals surface area contributed by atoms with Crippen LogP contribution in [0.2, 0.25) is 0 Å². The number of rotatable bonds is 11. The van der Waals surface area contributed by atoms with E-state index < -0.39 is 47.0 Å². The van der Waals surface area contributed by atoms with E-state index in [2.05, 4.69) is 5.32 Å². The van der Waals surface area contributed by atoms with Gasteiger partial charge in [0.2, 0.25) is 0 Å². The first-order chi connectivity index (χ1) is 19.8. The smallest absolute Gasteiger partial charge is 0.407 e. The third-order valence-corrected chi connectivity index (χ3v) is 9.17. The molecule has 4 N–H and O–H groups in total. The summed E-state index contributed by atoms with van der Waals surface area (Å²) in [5.74, 6) is -0.0494. The molecule has 0 bridgehead atoms. The highest BCUT2D eigenvalue weighted by Gasteiger charge is 2.44. The lowest BCUT2D eigenvalue weighted by Gasteiger charge is -2.32. The third kappa shape index (κ3) is 7.55. The number of benzene rings is 2. The molecule has 5 atom stereocenters. The maximum atomic E-state index is 13.7. The fraction of sp³-hybridized carbons (Fsp3) is 0.536. The van der Waals surface area contributed by atoms with E-state index in [1.807, 2.05) is 30.3 Å². The van der Waals surface area contributed by atoms with E-state index in [1.54, 1.807) is 0 Å². The Morgan fingerprint density at radius 2 is 1.78 bits per heavy atom. The van der Waals surface area contributed by atoms with Crippen LogP contribution >= 0.6 is 0 Å². The Balaban J connectivity index is 1.34. The number of nitrogens with zero attached hydrogens (tertiary/aromatic N) is 1. The minimum Gasteiger partial charge on any atom is -0.443 e. The Kier molecular flexibility index (Phi) is 9.75. The van der Waals surface area contributed by atoms with Gasteiger partial charge in [0, 0.05) is 18.9 Å². The van der Waals surface area contributed by atoms with E-state index in [0.717, 1.165) is 16.5 Å². The number of carbonyl (C=O) groups is 1. The summed E-state index contributed by atoms with van der Waals surface area (Å²) in [6, 6.07) is 14.1. The highest BCUT2D eigenvalue weighted by atomic mass is 32.2. The molecule has 12 nitrogen and oxygen atoms in total. The molecule has 41 heavy (non-hydrogen) atoms. The van der Waals surface area contributed by atoms with Crippen LogP contribution in [0.25, 0.3) is 0 Å². The third-order valence-electron chi connectivity index (χ3n) is 7.53. The van der Waals surface area contributed by atoms with Crippen molar-refractivity contribution in [1.82, 2.24) is 9.79 Å². The summed E-state index contributed by atoms with van der Waals surface area (Å²) in [7, 11) is -4.20. The molecule has 3 aliphatic rings. The monoisotopic (exact) mass is 591 g/mol. The average molecular weight is 592 g/mol. The first-order valence-corrected chi connectivity index (χ1v) is 15.3. The van der Waals surface area contributed by atoms with Gasteiger partial charge in [-0.3, -0.25) is 4.84 Å². The lowest BCUT2D eigenvalue weighted by atomic mass is 10.0. The molecule has 3 saturated heterocycles. The van der Waals surface area contributed by atoms with Crippen LogP contribution in [0.5, 0.6) is 0 Å². The number of aliphatic hydroxyl groups is 1. The first-order valence-electron chi connectivity index (χ1n) is 13.8. The zero-order valence-electron chi connectivity index (χ0n) is 22.7. The second kappa shape index (κ2) is 13.5. The number of carbonyl (C=O) groups excluding carboxylic acids is 1. The van der Waals surface area contributed by atoms with Crippen molar-refractivity contribution >= 4 is 21.8 Å². The molecule has 0 spiro atoms. The molecule has 1 amide bonds. The van der Waals surface area contributed by atoms with Crippen LogP contribution in [-0.2, 0) is 40.2 Å². The summed E-state index contributed by atoms with van der Waals surface area (Å²) in [6.45, 7) is 1.20. The van der Waals surface area contributed by atoms with Crippen LogP contribution in [0.15, 0.2) is 59.5 Å². The number of alkyl carbamates (subject to hydrolysis) is 1. The minimum atomic E-state index is -4.20. The SMILES string of the molecule is Nc1ccc(S(=O)(=O)N(C[C@@H](O)[C@H](Cc2ccccc2)NC(=O)OC2CO[C@H]3OCC[C@@H]23)OC2CCOCC2)cc1. The van der Waals surface area contributed by atoms with Gasteiger partial charge in [-0.2, -0.15) is 0 Å². The number of ether oxygens (including phenoxy) is 4. The summed E-state index contributed by atoms with van der Waals surface area (Å²) in [5, 5.41) is 14.2. The van der Waals surface area contributed by atoms with Gasteiger partial charge in [0.25, 0.3) is 10.0 Å². The number of nitrogens with one attached hydrogen (secondary N) is 1. The molecule has 3 heterocycles. The van der Waals surface area contributed by atoms with Crippen LogP contribution < -0.4 is 11.1 Å². The molecule has 2 aromatic carbocycles. The highest BCUT2D eigenvalue weighted by Crippen LogP contribution is 2.33. The Hall–Kier alpha value is -2.78. The maximum absolute atomic E-state index is 13.7. The number of sulfonamides is 1. The predicted molar refractivity (Wildman–Crippen MR) is 147 cm³/mol. The van der Waals surface area contributed by atoms with E-state index in [-0.39, 0.29) is 30.1 Å². The Labute approximate surface area is 239 Å². The molecule has 3 aliphatic heterocycles. The van der Waals surface area contributed by atoms with E-state index in [4.69, 9.17) is 29.5 Å². The summed E-state index contributed by atoms with van der Waals surface area (Å²) in [4.78, 5) is 19.0. The number of fused-ring (bicyclic) bond motifs is 1. The summed E-state index contributed by atoms with van der Waals surface area (Å²) >= 11 is 0. The lowest BCUT2D eigenvalue weighted by Crippen LogP contribution is -2.52. The Bertz CT molecular complexity index is 1240. The zero-order chi connectivity index (χ0) is 28.8. The number of hydrogen-bond acceptors (Lipinski definition) is 10. The minimum absolute atomic E-state index is 0.0347. The van der Waals surface area contributed by atoms with Gasteiger partial charge in [-0.1, -0.05) is 34.8 Å². The molecule has 3 fully saturated rings. The van der Waals surface area contributed by atoms with Gasteiger partial charge < -0.3 is 35.1 Å². The van der Waals surface area contributed by atoms with Crippen molar-refractivity contribution in [2.24, 2.45) is 5.92 Å². The number of amides is 1. The molecule has 5 rings (SSSR count). The number of nitrogens with two attached hydrogens (primary N) is 1. The molecule has 13 heteroatoms. The number of hydrogen-bond donors (Lipinski definition) is 3. The second-order valence-electron chi connectivity index (χ2n) is 10.5. The molecule has 1 unspecified atom stereocenters. The van der Waals surface area contributed by atoms with Gasteiger partial charge in [-0.15, -0.1) is 0 Å². The summed E-state index contributed by atoms with van der Waals surface area (Å²) in [6.07, 6.45) is -1.43. The van der Waals surface area contributed by atoms with Crippen molar-refractivity contribution < 1.29 is 42.1 Å². The lowest BCUT2D eigenvalue weighted by molar-refractivity contribution is -0.170. The summed E-state index contributed by atoms with van der Waals surface area (Å²) < 4.78 is 50.3. The number of nitrogen functional groups attached to an aromatic ring is 1. The van der Waals surface area contributed by atoms with Crippen molar-refractivity contribution in [3.8, 4) is 0 Å². The van der Waals surface area contributed by atoms with Crippen molar-refractivity contribution in [2.75, 3.05) is 38.7 Å². The Morgan fingerprint density at radius 1 is 1.05 bits per heavy atom. The van der Waals surface area contributed by atoms with Crippen LogP contribution in [0.4, 0.5) is 10.5 Å². The van der Waals surface area contributed by atoms with Gasteiger partial charge in [0.15, 0.2) is 6.29 Å². The topological polar surface area (TPSA) is 159 Å². The van der Waals surface area contributed by atoms with E-state index >= 15 is 0 Å². The predicted octanol–water partition coefficient (Wildman–Crippen LogP) is 1.83. The van der Waals surface area contributed by atoms with Gasteiger partial charge in [-0.25, -0.2) is 13.2 Å². The summed E-state index contributed by atoms with van der Waals surface area (Å²) in [5.41, 5.74) is 7.01. The van der Waals surface area contributed by atoms with Crippen LogP contribution in [0.3, 0.4) is 0 Å². The van der Waals surface area contributed by atoms with E-state index in [9.17, 15) is 18.3 Å². The average Bonchev–Trinajstić information content (AvgIpc) is 3.59. The van der Waals surface area contributed by atoms with E-state index in [0.29, 0.717) is 38.3 Å². The van der Waals surface area contributed by atoms with Crippen molar-refractivity contribution in [3.05, 3.63) is 60.2 Å². The maximum Gasteiger partial charge on any atom is 0.407 e. The molecule has 0 radical (unpaired) electrons. The number of aliphatic hydroxyl groups excluding tert-OH is 1. The first kappa shape index (κ1) is 29.7. The number of anilines is 1. The van der Waals surface area contributed by atoms with Gasteiger partial charge in [0.05, 0.1) is 48.8 Å². The molecule has 0 aliphatic carbocycles. The Morgan fingerprint density at radius 3 is 2.51 bits per heavy atom. The molecular weight excluding hydrogens is 554 g/mol. The van der Waals surface area contributed by atoms with Crippen molar-refractivity contribution in [1.29, 1.82) is 0 Å². The van der Waals surface area contributed by atoms with E-state index in [1.165, 1.54) is 24.3 Å². The molecule has 2 aromatic rings. The molecule has 224 valence electrons. The second-order valence-corrected chi connectivity index (χ2v) is 12.3. The largest absolute Gasteiger partial charge is 0.443 e. The zero-order valence-corrected chi connectivity index (χ0v) is 23.5. The van der Waals surface area contributed by atoms with Crippen LogP contribution in [0.1, 0.15) is 24.8 Å². The molecule has 0 aromatic heterocycles.